The summed E-state index contributed by atoms with van der Waals surface area (Å²) < 4.78 is 65.3. The van der Waals surface area contributed by atoms with Gasteiger partial charge in [-0.25, -0.2) is 26.3 Å². The minimum Gasteiger partial charge on any atom is -0.315 e. The van der Waals surface area contributed by atoms with E-state index in [2.05, 4.69) is 10.0 Å². The van der Waals surface area contributed by atoms with Crippen LogP contribution in [0.5, 0.6) is 0 Å². The van der Waals surface area contributed by atoms with E-state index in [-0.39, 0.29) is 12.1 Å². The summed E-state index contributed by atoms with van der Waals surface area (Å²) in [7, 11) is -4.20. The molecule has 0 bridgehead atoms. The Labute approximate surface area is 109 Å². The largest absolute Gasteiger partial charge is 0.315 e. The van der Waals surface area contributed by atoms with Crippen molar-refractivity contribution in [3.63, 3.8) is 0 Å². The number of hydrogen-bond donors (Lipinski definition) is 2. The topological polar surface area (TPSA) is 58.2 Å². The third-order valence-corrected chi connectivity index (χ3v) is 4.42. The number of benzene rings is 1. The van der Waals surface area contributed by atoms with Crippen molar-refractivity contribution in [3.05, 3.63) is 29.6 Å². The van der Waals surface area contributed by atoms with Crippen LogP contribution in [0, 0.1) is 17.5 Å². The molecule has 1 unspecified atom stereocenters. The van der Waals surface area contributed by atoms with Gasteiger partial charge in [0, 0.05) is 18.7 Å². The first-order valence-corrected chi connectivity index (χ1v) is 7.26. The van der Waals surface area contributed by atoms with Gasteiger partial charge in [0.1, 0.15) is 10.7 Å². The molecule has 1 aromatic rings. The molecule has 0 amide bonds. The van der Waals surface area contributed by atoms with Crippen molar-refractivity contribution in [2.75, 3.05) is 13.1 Å². The Morgan fingerprint density at radius 1 is 1.16 bits per heavy atom. The fourth-order valence-electron chi connectivity index (χ4n) is 1.95. The molecule has 19 heavy (non-hydrogen) atoms. The molecule has 1 aromatic carbocycles. The molecule has 106 valence electrons. The summed E-state index contributed by atoms with van der Waals surface area (Å²) in [6.07, 6.45) is 1.39. The smallest absolute Gasteiger partial charge is 0.243 e. The zero-order valence-electron chi connectivity index (χ0n) is 9.92. The van der Waals surface area contributed by atoms with Crippen molar-refractivity contribution in [2.24, 2.45) is 0 Å². The minimum absolute atomic E-state index is 0.225. The summed E-state index contributed by atoms with van der Waals surface area (Å²) >= 11 is 0. The molecular formula is C11H13F3N2O2S. The highest BCUT2D eigenvalue weighted by Gasteiger charge is 2.26. The molecule has 1 heterocycles. The van der Waals surface area contributed by atoms with Crippen LogP contribution in [0.4, 0.5) is 13.2 Å². The molecule has 2 rings (SSSR count). The highest BCUT2D eigenvalue weighted by molar-refractivity contribution is 7.89. The van der Waals surface area contributed by atoms with Crippen LogP contribution in [0.15, 0.2) is 17.0 Å². The molecule has 0 radical (unpaired) electrons. The van der Waals surface area contributed by atoms with Gasteiger partial charge < -0.3 is 5.32 Å². The fourth-order valence-corrected chi connectivity index (χ4v) is 3.29. The lowest BCUT2D eigenvalue weighted by atomic mass is 10.1. The van der Waals surface area contributed by atoms with E-state index in [1.807, 2.05) is 0 Å². The maximum Gasteiger partial charge on any atom is 0.243 e. The summed E-state index contributed by atoms with van der Waals surface area (Å²) in [5.74, 6) is -4.13. The first-order chi connectivity index (χ1) is 8.90. The average molecular weight is 294 g/mol. The van der Waals surface area contributed by atoms with Gasteiger partial charge in [-0.05, 0) is 25.5 Å². The van der Waals surface area contributed by atoms with E-state index in [9.17, 15) is 21.6 Å². The molecule has 8 heteroatoms. The number of hydrogen-bond acceptors (Lipinski definition) is 3. The second-order valence-corrected chi connectivity index (χ2v) is 6.04. The van der Waals surface area contributed by atoms with Crippen molar-refractivity contribution in [3.8, 4) is 0 Å². The second-order valence-electron chi connectivity index (χ2n) is 4.36. The van der Waals surface area contributed by atoms with Gasteiger partial charge in [-0.15, -0.1) is 0 Å². The Bertz CT molecular complexity index is 572. The zero-order chi connectivity index (χ0) is 14.0. The van der Waals surface area contributed by atoms with E-state index >= 15 is 0 Å². The molecule has 0 aliphatic carbocycles. The predicted molar refractivity (Wildman–Crippen MR) is 62.5 cm³/mol. The highest BCUT2D eigenvalue weighted by Crippen LogP contribution is 2.19. The number of halogens is 3. The van der Waals surface area contributed by atoms with Crippen LogP contribution in [0.25, 0.3) is 0 Å². The molecule has 0 spiro atoms. The summed E-state index contributed by atoms with van der Waals surface area (Å²) in [6, 6.07) is 0.193. The molecule has 1 aliphatic rings. The van der Waals surface area contributed by atoms with Gasteiger partial charge in [-0.2, -0.15) is 0 Å². The summed E-state index contributed by atoms with van der Waals surface area (Å²) in [4.78, 5) is -0.878. The Hall–Kier alpha value is -1.12. The van der Waals surface area contributed by atoms with Gasteiger partial charge in [0.25, 0.3) is 0 Å². The lowest BCUT2D eigenvalue weighted by molar-refractivity contribution is 0.426. The van der Waals surface area contributed by atoms with Gasteiger partial charge in [-0.1, -0.05) is 0 Å². The minimum atomic E-state index is -4.20. The van der Waals surface area contributed by atoms with Crippen LogP contribution >= 0.6 is 0 Å². The van der Waals surface area contributed by atoms with Gasteiger partial charge in [0.2, 0.25) is 10.0 Å². The normalized spacial score (nSPS) is 20.5. The number of nitrogens with one attached hydrogen (secondary N) is 2. The Morgan fingerprint density at radius 3 is 2.47 bits per heavy atom. The number of piperidine rings is 1. The van der Waals surface area contributed by atoms with Crippen LogP contribution in [0.2, 0.25) is 0 Å². The molecule has 1 aliphatic heterocycles. The van der Waals surface area contributed by atoms with E-state index in [1.165, 1.54) is 0 Å². The maximum absolute atomic E-state index is 13.4. The first-order valence-electron chi connectivity index (χ1n) is 5.78. The monoisotopic (exact) mass is 294 g/mol. The van der Waals surface area contributed by atoms with Gasteiger partial charge >= 0.3 is 0 Å². The van der Waals surface area contributed by atoms with Gasteiger partial charge in [0.05, 0.1) is 0 Å². The van der Waals surface area contributed by atoms with E-state index in [1.54, 1.807) is 0 Å². The SMILES string of the molecule is O=S(=O)(NC1CCCNC1)c1cc(F)c(F)cc1F. The molecule has 1 fully saturated rings. The Balaban J connectivity index is 2.26. The van der Waals surface area contributed by atoms with Crippen LogP contribution < -0.4 is 10.0 Å². The molecule has 4 nitrogen and oxygen atoms in total. The van der Waals surface area contributed by atoms with Crippen LogP contribution in [-0.2, 0) is 10.0 Å². The number of rotatable bonds is 3. The van der Waals surface area contributed by atoms with E-state index < -0.39 is 32.4 Å². The lowest BCUT2D eigenvalue weighted by Gasteiger charge is -2.23. The first kappa shape index (κ1) is 14.3. The maximum atomic E-state index is 13.4. The summed E-state index contributed by atoms with van der Waals surface area (Å²) in [5, 5.41) is 2.99. The Kier molecular flexibility index (Phi) is 4.12. The molecule has 1 saturated heterocycles. The average Bonchev–Trinajstić information content (AvgIpc) is 2.34. The van der Waals surface area contributed by atoms with Crippen molar-refractivity contribution in [1.82, 2.24) is 10.0 Å². The van der Waals surface area contributed by atoms with Gasteiger partial charge in [0.15, 0.2) is 11.6 Å². The van der Waals surface area contributed by atoms with E-state index in [0.29, 0.717) is 19.0 Å². The van der Waals surface area contributed by atoms with E-state index in [4.69, 9.17) is 0 Å². The van der Waals surface area contributed by atoms with Crippen LogP contribution in [-0.4, -0.2) is 27.5 Å². The zero-order valence-corrected chi connectivity index (χ0v) is 10.7. The van der Waals surface area contributed by atoms with Crippen molar-refractivity contribution >= 4 is 10.0 Å². The van der Waals surface area contributed by atoms with Crippen molar-refractivity contribution < 1.29 is 21.6 Å². The summed E-state index contributed by atoms with van der Waals surface area (Å²) in [6.45, 7) is 1.21. The van der Waals surface area contributed by atoms with Crippen molar-refractivity contribution in [1.29, 1.82) is 0 Å². The molecular weight excluding hydrogens is 281 g/mol. The third kappa shape index (κ3) is 3.26. The molecule has 2 N–H and O–H groups in total. The molecule has 0 aromatic heterocycles. The fraction of sp³-hybridized carbons (Fsp3) is 0.455. The van der Waals surface area contributed by atoms with Crippen molar-refractivity contribution in [2.45, 2.75) is 23.8 Å². The second kappa shape index (κ2) is 5.48. The van der Waals surface area contributed by atoms with E-state index in [0.717, 1.165) is 13.0 Å². The van der Waals surface area contributed by atoms with Crippen LogP contribution in [0.1, 0.15) is 12.8 Å². The Morgan fingerprint density at radius 2 is 1.84 bits per heavy atom. The predicted octanol–water partition coefficient (Wildman–Crippen LogP) is 1.13. The van der Waals surface area contributed by atoms with Gasteiger partial charge in [-0.3, -0.25) is 0 Å². The lowest BCUT2D eigenvalue weighted by Crippen LogP contribution is -2.45. The number of sulfonamides is 1. The van der Waals surface area contributed by atoms with Crippen LogP contribution in [0.3, 0.4) is 0 Å². The quantitative estimate of drug-likeness (QED) is 0.822. The third-order valence-electron chi connectivity index (χ3n) is 2.88. The standard InChI is InChI=1S/C11H13F3N2O2S/c12-8-4-10(14)11(5-9(8)13)19(17,18)16-7-2-1-3-15-6-7/h4-5,7,15-16H,1-3,6H2. The molecule has 1 atom stereocenters. The highest BCUT2D eigenvalue weighted by atomic mass is 32.2. The summed E-state index contributed by atoms with van der Waals surface area (Å²) in [5.41, 5.74) is 0. The molecule has 0 saturated carbocycles.